The molecule has 2 heterocycles. The van der Waals surface area contributed by atoms with Crippen molar-refractivity contribution in [3.05, 3.63) is 11.6 Å². The lowest BCUT2D eigenvalue weighted by Crippen LogP contribution is -2.53. The van der Waals surface area contributed by atoms with Crippen LogP contribution in [0.3, 0.4) is 0 Å². The van der Waals surface area contributed by atoms with E-state index >= 15 is 0 Å². The number of nitrogens with one attached hydrogen (secondary N) is 1. The zero-order chi connectivity index (χ0) is 21.1. The number of aromatic nitrogens is 4. The van der Waals surface area contributed by atoms with E-state index in [1.807, 2.05) is 0 Å². The Hall–Kier alpha value is -1.15. The molecule has 0 unspecified atom stereocenters. The number of nitrogens with zero attached hydrogens (tertiary/aromatic N) is 4. The number of anilines is 1. The largest absolute Gasteiger partial charge is 0.385 e. The van der Waals surface area contributed by atoms with Crippen molar-refractivity contribution in [1.29, 1.82) is 0 Å². The Kier molecular flexibility index (Phi) is 5.16. The number of aliphatic hydroxyl groups is 2. The molecular weight excluding hydrogens is 425 g/mol. The summed E-state index contributed by atoms with van der Waals surface area (Å²) >= 11 is 12.4. The molecule has 0 radical (unpaired) electrons. The highest BCUT2D eigenvalue weighted by molar-refractivity contribution is 6.28. The molecule has 0 aromatic carbocycles. The Labute approximate surface area is 186 Å². The fraction of sp³-hybridized carbons (Fsp3) is 0.762. The van der Waals surface area contributed by atoms with Crippen molar-refractivity contribution >= 4 is 40.2 Å². The average molecular weight is 454 g/mol. The van der Waals surface area contributed by atoms with Gasteiger partial charge in [0.2, 0.25) is 5.28 Å². The summed E-state index contributed by atoms with van der Waals surface area (Å²) in [4.78, 5) is 13.4. The normalized spacial score (nSPS) is 32.5. The van der Waals surface area contributed by atoms with Gasteiger partial charge in [-0.3, -0.25) is 4.57 Å². The van der Waals surface area contributed by atoms with Crippen LogP contribution >= 0.6 is 23.2 Å². The minimum absolute atomic E-state index is 0.0999. The van der Waals surface area contributed by atoms with E-state index < -0.39 is 11.3 Å². The van der Waals surface area contributed by atoms with Crippen LogP contribution in [0, 0.1) is 17.8 Å². The number of hydrogen-bond donors (Lipinski definition) is 3. The van der Waals surface area contributed by atoms with Crippen molar-refractivity contribution in [3.63, 3.8) is 0 Å². The highest BCUT2D eigenvalue weighted by Gasteiger charge is 2.57. The first-order valence-corrected chi connectivity index (χ1v) is 11.9. The van der Waals surface area contributed by atoms with Gasteiger partial charge >= 0.3 is 0 Å². The van der Waals surface area contributed by atoms with Crippen LogP contribution in [-0.2, 0) is 5.72 Å². The van der Waals surface area contributed by atoms with Crippen molar-refractivity contribution in [2.45, 2.75) is 75.7 Å². The molecule has 7 nitrogen and oxygen atoms in total. The lowest BCUT2D eigenvalue weighted by atomic mass is 9.68. The van der Waals surface area contributed by atoms with Gasteiger partial charge in [-0.1, -0.05) is 12.8 Å². The van der Waals surface area contributed by atoms with Gasteiger partial charge in [-0.25, -0.2) is 4.98 Å². The summed E-state index contributed by atoms with van der Waals surface area (Å²) in [7, 11) is 0. The maximum absolute atomic E-state index is 11.5. The van der Waals surface area contributed by atoms with Crippen molar-refractivity contribution in [2.75, 3.05) is 11.2 Å². The molecule has 3 aliphatic carbocycles. The summed E-state index contributed by atoms with van der Waals surface area (Å²) in [6.07, 6.45) is 10.1. The van der Waals surface area contributed by atoms with Gasteiger partial charge in [0.05, 0.1) is 6.33 Å². The first-order valence-electron chi connectivity index (χ1n) is 11.0. The van der Waals surface area contributed by atoms with Crippen LogP contribution in [0.2, 0.25) is 5.28 Å². The molecule has 30 heavy (non-hydrogen) atoms. The van der Waals surface area contributed by atoms with Crippen molar-refractivity contribution in [2.24, 2.45) is 17.8 Å². The van der Waals surface area contributed by atoms with E-state index in [0.717, 1.165) is 0 Å². The van der Waals surface area contributed by atoms with Crippen LogP contribution < -0.4 is 5.32 Å². The Morgan fingerprint density at radius 3 is 2.37 bits per heavy atom. The molecule has 3 aliphatic rings. The molecule has 0 bridgehead atoms. The van der Waals surface area contributed by atoms with Gasteiger partial charge in [0.1, 0.15) is 5.60 Å². The minimum atomic E-state index is -1.56. The number of hydrogen-bond acceptors (Lipinski definition) is 6. The number of halogens is 2. The fourth-order valence-corrected chi connectivity index (χ4v) is 6.07. The summed E-state index contributed by atoms with van der Waals surface area (Å²) in [5.74, 6) is 1.98. The molecular formula is C21H29Cl2N5O2. The van der Waals surface area contributed by atoms with Crippen LogP contribution in [0.25, 0.3) is 11.2 Å². The molecule has 3 atom stereocenters. The summed E-state index contributed by atoms with van der Waals surface area (Å²) < 4.78 is 1.55. The molecule has 0 amide bonds. The van der Waals surface area contributed by atoms with E-state index in [1.165, 1.54) is 44.9 Å². The third-order valence-corrected chi connectivity index (χ3v) is 8.56. The van der Waals surface area contributed by atoms with Crippen LogP contribution in [0.4, 0.5) is 5.82 Å². The third-order valence-electron chi connectivity index (χ3n) is 8.02. The second-order valence-electron chi connectivity index (χ2n) is 9.53. The average Bonchev–Trinajstić information content (AvgIpc) is 3.11. The van der Waals surface area contributed by atoms with Gasteiger partial charge in [-0.05, 0) is 68.9 Å². The van der Waals surface area contributed by atoms with E-state index in [0.29, 0.717) is 47.7 Å². The quantitative estimate of drug-likeness (QED) is 0.453. The predicted molar refractivity (Wildman–Crippen MR) is 117 cm³/mol. The smallest absolute Gasteiger partial charge is 0.226 e. The number of rotatable bonds is 6. The molecule has 5 rings (SSSR count). The Morgan fingerprint density at radius 2 is 1.83 bits per heavy atom. The van der Waals surface area contributed by atoms with E-state index in [4.69, 9.17) is 23.2 Å². The maximum atomic E-state index is 11.5. The lowest BCUT2D eigenvalue weighted by Gasteiger charge is -2.43. The zero-order valence-electron chi connectivity index (χ0n) is 17.2. The highest BCUT2D eigenvalue weighted by atomic mass is 35.5. The topological polar surface area (TPSA) is 96.1 Å². The van der Waals surface area contributed by atoms with Gasteiger partial charge in [0, 0.05) is 17.8 Å². The standard InChI is InChI=1S/C21H29Cl2N5O2/c1-20(29)14(10-22)8-9-21(20,30)28-11-24-16-17(26-19(23)27-18(16)28)25-15(12-4-2-5-12)13-6-3-7-13/h11-15,29-30H,2-10H2,1H3,(H,25,26,27)/t14-,20+,21-/m1/s1. The molecule has 0 spiro atoms. The molecule has 3 saturated carbocycles. The van der Waals surface area contributed by atoms with Gasteiger partial charge in [-0.15, -0.1) is 11.6 Å². The Balaban J connectivity index is 1.54. The lowest BCUT2D eigenvalue weighted by molar-refractivity contribution is -0.184. The second kappa shape index (κ2) is 7.47. The molecule has 3 fully saturated rings. The van der Waals surface area contributed by atoms with Crippen molar-refractivity contribution in [3.8, 4) is 0 Å². The van der Waals surface area contributed by atoms with Crippen LogP contribution in [-0.4, -0.2) is 47.3 Å². The first-order chi connectivity index (χ1) is 14.3. The third kappa shape index (κ3) is 3.04. The monoisotopic (exact) mass is 453 g/mol. The van der Waals surface area contributed by atoms with Gasteiger partial charge in [-0.2, -0.15) is 9.97 Å². The van der Waals surface area contributed by atoms with Crippen molar-refractivity contribution < 1.29 is 10.2 Å². The second-order valence-corrected chi connectivity index (χ2v) is 10.2. The molecule has 0 saturated heterocycles. The van der Waals surface area contributed by atoms with Crippen LogP contribution in [0.15, 0.2) is 6.33 Å². The summed E-state index contributed by atoms with van der Waals surface area (Å²) in [5, 5.41) is 26.4. The highest BCUT2D eigenvalue weighted by Crippen LogP contribution is 2.48. The summed E-state index contributed by atoms with van der Waals surface area (Å²) in [5.41, 5.74) is -1.97. The Bertz CT molecular complexity index is 929. The molecule has 3 N–H and O–H groups in total. The molecule has 164 valence electrons. The fourth-order valence-electron chi connectivity index (χ4n) is 5.45. The minimum Gasteiger partial charge on any atom is -0.385 e. The number of fused-ring (bicyclic) bond motifs is 1. The van der Waals surface area contributed by atoms with E-state index in [9.17, 15) is 10.2 Å². The molecule has 2 aromatic rings. The van der Waals surface area contributed by atoms with Crippen LogP contribution in [0.5, 0.6) is 0 Å². The summed E-state index contributed by atoms with van der Waals surface area (Å²) in [6.45, 7) is 1.63. The Morgan fingerprint density at radius 1 is 1.17 bits per heavy atom. The number of alkyl halides is 1. The van der Waals surface area contributed by atoms with E-state index in [1.54, 1.807) is 11.5 Å². The maximum Gasteiger partial charge on any atom is 0.226 e. The zero-order valence-corrected chi connectivity index (χ0v) is 18.7. The van der Waals surface area contributed by atoms with E-state index in [2.05, 4.69) is 20.3 Å². The summed E-state index contributed by atoms with van der Waals surface area (Å²) in [6, 6.07) is 0.366. The van der Waals surface area contributed by atoms with Crippen LogP contribution in [0.1, 0.15) is 58.3 Å². The number of imidazole rings is 1. The molecule has 2 aromatic heterocycles. The van der Waals surface area contributed by atoms with Crippen molar-refractivity contribution in [1.82, 2.24) is 19.5 Å². The first kappa shape index (κ1) is 20.7. The van der Waals surface area contributed by atoms with Gasteiger partial charge in [0.25, 0.3) is 0 Å². The molecule has 0 aliphatic heterocycles. The van der Waals surface area contributed by atoms with Gasteiger partial charge in [0.15, 0.2) is 22.7 Å². The SMILES string of the molecule is C[C@]1(O)[C@@H](CCl)CC[C@]1(O)n1cnc2c(NC(C3CCC3)C3CCC3)nc(Cl)nc21. The molecule has 9 heteroatoms. The predicted octanol–water partition coefficient (Wildman–Crippen LogP) is 3.91. The van der Waals surface area contributed by atoms with Gasteiger partial charge < -0.3 is 15.5 Å². The van der Waals surface area contributed by atoms with E-state index in [-0.39, 0.29) is 17.1 Å².